The summed E-state index contributed by atoms with van der Waals surface area (Å²) in [5, 5.41) is 4.83. The van der Waals surface area contributed by atoms with Gasteiger partial charge < -0.3 is 10.1 Å². The van der Waals surface area contributed by atoms with Crippen LogP contribution in [0.15, 0.2) is 66.7 Å². The molecule has 0 aliphatic carbocycles. The molecule has 128 valence electrons. The van der Waals surface area contributed by atoms with Crippen molar-refractivity contribution in [2.75, 3.05) is 5.32 Å². The largest absolute Gasteiger partial charge is 0.489 e. The topological polar surface area (TPSA) is 21.3 Å². The van der Waals surface area contributed by atoms with E-state index in [1.165, 1.54) is 5.56 Å². The van der Waals surface area contributed by atoms with Crippen LogP contribution in [0.25, 0.3) is 0 Å². The number of ether oxygens (including phenoxy) is 1. The average Bonchev–Trinajstić information content (AvgIpc) is 2.60. The Bertz CT molecular complexity index is 847. The van der Waals surface area contributed by atoms with Crippen LogP contribution in [-0.2, 0) is 13.2 Å². The van der Waals surface area contributed by atoms with Gasteiger partial charge in [0.15, 0.2) is 0 Å². The summed E-state index contributed by atoms with van der Waals surface area (Å²) in [5.74, 6) is 0.819. The molecule has 0 radical (unpaired) electrons. The molecule has 0 aliphatic rings. The van der Waals surface area contributed by atoms with E-state index >= 15 is 0 Å². The third-order valence-electron chi connectivity index (χ3n) is 3.83. The fraction of sp³-hybridized carbons (Fsp3) is 0.143. The van der Waals surface area contributed by atoms with Crippen LogP contribution in [0.3, 0.4) is 0 Å². The van der Waals surface area contributed by atoms with Crippen molar-refractivity contribution < 1.29 is 4.74 Å². The molecule has 3 rings (SSSR count). The molecule has 3 aromatic carbocycles. The second kappa shape index (κ2) is 8.28. The number of aryl methyl sites for hydroxylation is 1. The zero-order valence-electron chi connectivity index (χ0n) is 13.9. The van der Waals surface area contributed by atoms with Crippen molar-refractivity contribution in [1.29, 1.82) is 0 Å². The SMILES string of the molecule is Cc1cccc(NCc2cc(Cl)ccc2OCc2ccc(Cl)cc2)c1. The van der Waals surface area contributed by atoms with Crippen molar-refractivity contribution in [2.24, 2.45) is 0 Å². The van der Waals surface area contributed by atoms with E-state index < -0.39 is 0 Å². The van der Waals surface area contributed by atoms with E-state index in [4.69, 9.17) is 27.9 Å². The Morgan fingerprint density at radius 2 is 1.64 bits per heavy atom. The zero-order valence-corrected chi connectivity index (χ0v) is 15.4. The smallest absolute Gasteiger partial charge is 0.124 e. The molecule has 0 aromatic heterocycles. The summed E-state index contributed by atoms with van der Waals surface area (Å²) in [6.07, 6.45) is 0. The third kappa shape index (κ3) is 5.15. The zero-order chi connectivity index (χ0) is 17.6. The summed E-state index contributed by atoms with van der Waals surface area (Å²) < 4.78 is 5.99. The average molecular weight is 372 g/mol. The summed E-state index contributed by atoms with van der Waals surface area (Å²) in [7, 11) is 0. The lowest BCUT2D eigenvalue weighted by Gasteiger charge is -2.14. The maximum atomic E-state index is 6.16. The minimum Gasteiger partial charge on any atom is -0.489 e. The summed E-state index contributed by atoms with van der Waals surface area (Å²) in [6, 6.07) is 21.6. The Balaban J connectivity index is 1.70. The van der Waals surface area contributed by atoms with E-state index in [-0.39, 0.29) is 0 Å². The van der Waals surface area contributed by atoms with Gasteiger partial charge in [-0.3, -0.25) is 0 Å². The molecule has 0 unspecified atom stereocenters. The van der Waals surface area contributed by atoms with Gasteiger partial charge in [-0.1, -0.05) is 47.5 Å². The van der Waals surface area contributed by atoms with Crippen molar-refractivity contribution in [3.63, 3.8) is 0 Å². The number of hydrogen-bond acceptors (Lipinski definition) is 2. The number of anilines is 1. The van der Waals surface area contributed by atoms with E-state index in [0.717, 1.165) is 27.6 Å². The Morgan fingerprint density at radius 3 is 2.40 bits per heavy atom. The van der Waals surface area contributed by atoms with Gasteiger partial charge in [0.05, 0.1) is 0 Å². The summed E-state index contributed by atoms with van der Waals surface area (Å²) in [5.41, 5.74) is 4.37. The quantitative estimate of drug-likeness (QED) is 0.534. The molecule has 0 saturated heterocycles. The maximum absolute atomic E-state index is 6.16. The summed E-state index contributed by atoms with van der Waals surface area (Å²) in [6.45, 7) is 3.20. The van der Waals surface area contributed by atoms with Crippen molar-refractivity contribution in [3.05, 3.63) is 93.5 Å². The second-order valence-corrected chi connectivity index (χ2v) is 6.76. The normalized spacial score (nSPS) is 10.5. The van der Waals surface area contributed by atoms with Crippen LogP contribution in [0.5, 0.6) is 5.75 Å². The Hall–Kier alpha value is -2.16. The van der Waals surface area contributed by atoms with Gasteiger partial charge in [-0.15, -0.1) is 0 Å². The van der Waals surface area contributed by atoms with Crippen LogP contribution < -0.4 is 10.1 Å². The van der Waals surface area contributed by atoms with Gasteiger partial charge in [0.25, 0.3) is 0 Å². The van der Waals surface area contributed by atoms with Crippen LogP contribution >= 0.6 is 23.2 Å². The molecule has 1 N–H and O–H groups in total. The van der Waals surface area contributed by atoms with Crippen molar-refractivity contribution in [1.82, 2.24) is 0 Å². The highest BCUT2D eigenvalue weighted by atomic mass is 35.5. The molecule has 25 heavy (non-hydrogen) atoms. The van der Waals surface area contributed by atoms with E-state index in [1.54, 1.807) is 0 Å². The third-order valence-corrected chi connectivity index (χ3v) is 4.32. The molecule has 0 saturated carbocycles. The number of hydrogen-bond donors (Lipinski definition) is 1. The molecule has 0 heterocycles. The molecule has 0 spiro atoms. The molecule has 2 nitrogen and oxygen atoms in total. The Morgan fingerprint density at radius 1 is 0.880 bits per heavy atom. The van der Waals surface area contributed by atoms with Gasteiger partial charge in [0.2, 0.25) is 0 Å². The van der Waals surface area contributed by atoms with Gasteiger partial charge in [-0.25, -0.2) is 0 Å². The van der Waals surface area contributed by atoms with Crippen LogP contribution in [-0.4, -0.2) is 0 Å². The molecular weight excluding hydrogens is 353 g/mol. The number of benzene rings is 3. The Kier molecular flexibility index (Phi) is 5.85. The maximum Gasteiger partial charge on any atom is 0.124 e. The minimum atomic E-state index is 0.482. The molecule has 3 aromatic rings. The van der Waals surface area contributed by atoms with Crippen molar-refractivity contribution in [2.45, 2.75) is 20.1 Å². The first-order valence-corrected chi connectivity index (χ1v) is 8.82. The van der Waals surface area contributed by atoms with E-state index in [2.05, 4.69) is 24.4 Å². The van der Waals surface area contributed by atoms with Crippen molar-refractivity contribution in [3.8, 4) is 5.75 Å². The van der Waals surface area contributed by atoms with Gasteiger partial charge in [-0.05, 0) is 60.5 Å². The predicted octanol–water partition coefficient (Wildman–Crippen LogP) is 6.49. The minimum absolute atomic E-state index is 0.482. The van der Waals surface area contributed by atoms with Gasteiger partial charge in [-0.2, -0.15) is 0 Å². The lowest BCUT2D eigenvalue weighted by atomic mass is 10.1. The lowest BCUT2D eigenvalue weighted by Crippen LogP contribution is -2.04. The van der Waals surface area contributed by atoms with E-state index in [9.17, 15) is 0 Å². The Labute approximate surface area is 158 Å². The van der Waals surface area contributed by atoms with Crippen LogP contribution in [0.1, 0.15) is 16.7 Å². The van der Waals surface area contributed by atoms with Crippen LogP contribution in [0.2, 0.25) is 10.0 Å². The summed E-state index contributed by atoms with van der Waals surface area (Å²) >= 11 is 12.1. The number of rotatable bonds is 6. The predicted molar refractivity (Wildman–Crippen MR) is 106 cm³/mol. The monoisotopic (exact) mass is 371 g/mol. The molecule has 0 atom stereocenters. The van der Waals surface area contributed by atoms with E-state index in [1.807, 2.05) is 54.6 Å². The number of halogens is 2. The first-order chi connectivity index (χ1) is 12.1. The number of nitrogens with one attached hydrogen (secondary N) is 1. The van der Waals surface area contributed by atoms with Crippen LogP contribution in [0, 0.1) is 6.92 Å². The molecule has 0 bridgehead atoms. The fourth-order valence-electron chi connectivity index (χ4n) is 2.52. The van der Waals surface area contributed by atoms with Gasteiger partial charge in [0.1, 0.15) is 12.4 Å². The highest BCUT2D eigenvalue weighted by molar-refractivity contribution is 6.30. The highest BCUT2D eigenvalue weighted by Crippen LogP contribution is 2.25. The second-order valence-electron chi connectivity index (χ2n) is 5.89. The van der Waals surface area contributed by atoms with E-state index in [0.29, 0.717) is 18.2 Å². The standard InChI is InChI=1S/C21H19Cl2NO/c1-15-3-2-4-20(11-15)24-13-17-12-19(23)9-10-21(17)25-14-16-5-7-18(22)8-6-16/h2-12,24H,13-14H2,1H3. The lowest BCUT2D eigenvalue weighted by molar-refractivity contribution is 0.303. The first-order valence-electron chi connectivity index (χ1n) is 8.06. The van der Waals surface area contributed by atoms with Gasteiger partial charge in [0, 0.05) is 27.8 Å². The molecule has 4 heteroatoms. The molecule has 0 amide bonds. The van der Waals surface area contributed by atoms with Crippen LogP contribution in [0.4, 0.5) is 5.69 Å². The molecule has 0 fully saturated rings. The van der Waals surface area contributed by atoms with Gasteiger partial charge >= 0.3 is 0 Å². The fourth-order valence-corrected chi connectivity index (χ4v) is 2.84. The first kappa shape index (κ1) is 17.7. The summed E-state index contributed by atoms with van der Waals surface area (Å²) in [4.78, 5) is 0. The molecular formula is C21H19Cl2NO. The highest BCUT2D eigenvalue weighted by Gasteiger charge is 2.06. The molecule has 0 aliphatic heterocycles. The van der Waals surface area contributed by atoms with Crippen molar-refractivity contribution >= 4 is 28.9 Å².